The van der Waals surface area contributed by atoms with Crippen molar-refractivity contribution in [3.05, 3.63) is 34.9 Å². The van der Waals surface area contributed by atoms with Gasteiger partial charge < -0.3 is 5.32 Å². The van der Waals surface area contributed by atoms with Crippen molar-refractivity contribution in [1.29, 1.82) is 0 Å². The van der Waals surface area contributed by atoms with Gasteiger partial charge in [0.05, 0.1) is 5.54 Å². The maximum absolute atomic E-state index is 12.2. The van der Waals surface area contributed by atoms with Crippen molar-refractivity contribution >= 4 is 37.8 Å². The summed E-state index contributed by atoms with van der Waals surface area (Å²) in [6.07, 6.45) is 0. The topological polar surface area (TPSA) is 29.1 Å². The Hall–Kier alpha value is -0.350. The molecule has 0 unspecified atom stereocenters. The number of hydrogen-bond acceptors (Lipinski definition) is 1. The molecule has 0 aliphatic heterocycles. The van der Waals surface area contributed by atoms with E-state index in [-0.39, 0.29) is 11.4 Å². The standard InChI is InChI=1S/C13H17Br2NO/c1-9-5-4-6-11(10(9)2)12(17)16-13(3,7-14)8-15/h4-6H,7-8H2,1-3H3,(H,16,17). The lowest BCUT2D eigenvalue weighted by Gasteiger charge is -2.26. The van der Waals surface area contributed by atoms with Crippen LogP contribution in [0.1, 0.15) is 28.4 Å². The Morgan fingerprint density at radius 3 is 2.41 bits per heavy atom. The van der Waals surface area contributed by atoms with Crippen LogP contribution in [0.3, 0.4) is 0 Å². The quantitative estimate of drug-likeness (QED) is 0.815. The average Bonchev–Trinajstić information content (AvgIpc) is 2.32. The molecule has 4 heteroatoms. The zero-order valence-corrected chi connectivity index (χ0v) is 13.5. The number of aryl methyl sites for hydroxylation is 1. The van der Waals surface area contributed by atoms with Crippen LogP contribution in [0.5, 0.6) is 0 Å². The van der Waals surface area contributed by atoms with Crippen LogP contribution in [0.15, 0.2) is 18.2 Å². The molecule has 17 heavy (non-hydrogen) atoms. The Kier molecular flexibility index (Phi) is 5.20. The summed E-state index contributed by atoms with van der Waals surface area (Å²) >= 11 is 6.84. The Balaban J connectivity index is 2.94. The van der Waals surface area contributed by atoms with E-state index in [0.29, 0.717) is 10.7 Å². The molecule has 0 saturated heterocycles. The smallest absolute Gasteiger partial charge is 0.252 e. The maximum atomic E-state index is 12.2. The summed E-state index contributed by atoms with van der Waals surface area (Å²) in [6, 6.07) is 5.79. The van der Waals surface area contributed by atoms with Gasteiger partial charge in [0.2, 0.25) is 0 Å². The molecule has 94 valence electrons. The van der Waals surface area contributed by atoms with Gasteiger partial charge in [-0.1, -0.05) is 44.0 Å². The molecule has 0 aliphatic carbocycles. The maximum Gasteiger partial charge on any atom is 0.252 e. The second-order valence-corrected chi connectivity index (χ2v) is 5.65. The minimum absolute atomic E-state index is 0.0207. The molecule has 1 amide bonds. The molecule has 0 aromatic heterocycles. The van der Waals surface area contributed by atoms with Crippen molar-refractivity contribution in [2.45, 2.75) is 26.3 Å². The third kappa shape index (κ3) is 3.55. The molecule has 0 bridgehead atoms. The van der Waals surface area contributed by atoms with Crippen LogP contribution in [0, 0.1) is 13.8 Å². The van der Waals surface area contributed by atoms with Crippen molar-refractivity contribution in [2.75, 3.05) is 10.7 Å². The number of amides is 1. The van der Waals surface area contributed by atoms with Crippen molar-refractivity contribution in [2.24, 2.45) is 0 Å². The average molecular weight is 363 g/mol. The first-order chi connectivity index (χ1) is 7.93. The summed E-state index contributed by atoms with van der Waals surface area (Å²) in [4.78, 5) is 12.2. The van der Waals surface area contributed by atoms with Crippen molar-refractivity contribution in [1.82, 2.24) is 5.32 Å². The highest BCUT2D eigenvalue weighted by Gasteiger charge is 2.24. The van der Waals surface area contributed by atoms with Gasteiger partial charge in [0.1, 0.15) is 0 Å². The third-order valence-corrected chi connectivity index (χ3v) is 5.33. The number of alkyl halides is 2. The summed E-state index contributed by atoms with van der Waals surface area (Å²) in [5.74, 6) is -0.0207. The molecule has 0 aliphatic rings. The van der Waals surface area contributed by atoms with Crippen molar-refractivity contribution in [3.8, 4) is 0 Å². The number of carbonyl (C=O) groups is 1. The van der Waals surface area contributed by atoms with Gasteiger partial charge in [-0.05, 0) is 38.0 Å². The first-order valence-electron chi connectivity index (χ1n) is 5.44. The molecule has 1 rings (SSSR count). The molecular formula is C13H17Br2NO. The number of nitrogens with one attached hydrogen (secondary N) is 1. The van der Waals surface area contributed by atoms with Crippen LogP contribution < -0.4 is 5.32 Å². The molecule has 1 aromatic rings. The molecular weight excluding hydrogens is 346 g/mol. The lowest BCUT2D eigenvalue weighted by Crippen LogP contribution is -2.49. The van der Waals surface area contributed by atoms with E-state index in [4.69, 9.17) is 0 Å². The summed E-state index contributed by atoms with van der Waals surface area (Å²) in [6.45, 7) is 5.99. The number of rotatable bonds is 4. The SMILES string of the molecule is Cc1cccc(C(=O)NC(C)(CBr)CBr)c1C. The molecule has 0 atom stereocenters. The van der Waals surface area contributed by atoms with E-state index in [1.165, 1.54) is 0 Å². The minimum Gasteiger partial charge on any atom is -0.345 e. The minimum atomic E-state index is -0.271. The fraction of sp³-hybridized carbons (Fsp3) is 0.462. The van der Waals surface area contributed by atoms with E-state index in [1.54, 1.807) is 0 Å². The highest BCUT2D eigenvalue weighted by atomic mass is 79.9. The molecule has 1 N–H and O–H groups in total. The first kappa shape index (κ1) is 14.7. The summed E-state index contributed by atoms with van der Waals surface area (Å²) in [5, 5.41) is 4.46. The van der Waals surface area contributed by atoms with E-state index in [0.717, 1.165) is 16.7 Å². The fourth-order valence-corrected chi connectivity index (χ4v) is 2.65. The summed E-state index contributed by atoms with van der Waals surface area (Å²) in [5.41, 5.74) is 2.65. The van der Waals surface area contributed by atoms with Gasteiger partial charge in [-0.3, -0.25) is 4.79 Å². The molecule has 0 spiro atoms. The largest absolute Gasteiger partial charge is 0.345 e. The van der Waals surface area contributed by atoms with Crippen molar-refractivity contribution < 1.29 is 4.79 Å². The molecule has 0 heterocycles. The van der Waals surface area contributed by atoms with Crippen LogP contribution in [-0.2, 0) is 0 Å². The van der Waals surface area contributed by atoms with Gasteiger partial charge in [-0.15, -0.1) is 0 Å². The van der Waals surface area contributed by atoms with E-state index in [1.807, 2.05) is 39.0 Å². The van der Waals surface area contributed by atoms with Crippen LogP contribution in [0.25, 0.3) is 0 Å². The van der Waals surface area contributed by atoms with Gasteiger partial charge >= 0.3 is 0 Å². The number of carbonyl (C=O) groups excluding carboxylic acids is 1. The van der Waals surface area contributed by atoms with Gasteiger partial charge in [-0.2, -0.15) is 0 Å². The monoisotopic (exact) mass is 361 g/mol. The van der Waals surface area contributed by atoms with E-state index in [2.05, 4.69) is 37.2 Å². The Morgan fingerprint density at radius 1 is 1.29 bits per heavy atom. The predicted octanol–water partition coefficient (Wildman–Crippen LogP) is 3.58. The number of halogens is 2. The van der Waals surface area contributed by atoms with E-state index >= 15 is 0 Å². The second kappa shape index (κ2) is 6.01. The van der Waals surface area contributed by atoms with Crippen LogP contribution in [-0.4, -0.2) is 22.1 Å². The summed E-state index contributed by atoms with van der Waals surface area (Å²) in [7, 11) is 0. The van der Waals surface area contributed by atoms with E-state index < -0.39 is 0 Å². The van der Waals surface area contributed by atoms with Crippen LogP contribution in [0.4, 0.5) is 0 Å². The molecule has 2 nitrogen and oxygen atoms in total. The Labute approximate surface area is 119 Å². The molecule has 0 radical (unpaired) electrons. The predicted molar refractivity (Wildman–Crippen MR) is 79.4 cm³/mol. The lowest BCUT2D eigenvalue weighted by atomic mass is 10.0. The van der Waals surface area contributed by atoms with Gasteiger partial charge in [0.25, 0.3) is 5.91 Å². The molecule has 0 saturated carbocycles. The fourth-order valence-electron chi connectivity index (χ4n) is 1.44. The third-order valence-electron chi connectivity index (χ3n) is 2.85. The van der Waals surface area contributed by atoms with Gasteiger partial charge in [0, 0.05) is 16.2 Å². The highest BCUT2D eigenvalue weighted by Crippen LogP contribution is 2.16. The molecule has 1 aromatic carbocycles. The van der Waals surface area contributed by atoms with Crippen molar-refractivity contribution in [3.63, 3.8) is 0 Å². The molecule has 0 fully saturated rings. The Morgan fingerprint density at radius 2 is 1.88 bits per heavy atom. The lowest BCUT2D eigenvalue weighted by molar-refractivity contribution is 0.0922. The van der Waals surface area contributed by atoms with Crippen LogP contribution >= 0.6 is 31.9 Å². The van der Waals surface area contributed by atoms with Gasteiger partial charge in [-0.25, -0.2) is 0 Å². The zero-order valence-electron chi connectivity index (χ0n) is 10.3. The number of hydrogen-bond donors (Lipinski definition) is 1. The number of benzene rings is 1. The Bertz CT molecular complexity index is 414. The van der Waals surface area contributed by atoms with E-state index in [9.17, 15) is 4.79 Å². The first-order valence-corrected chi connectivity index (χ1v) is 7.68. The second-order valence-electron chi connectivity index (χ2n) is 4.53. The zero-order chi connectivity index (χ0) is 13.1. The summed E-state index contributed by atoms with van der Waals surface area (Å²) < 4.78 is 0. The normalized spacial score (nSPS) is 11.4. The highest BCUT2D eigenvalue weighted by molar-refractivity contribution is 9.09. The van der Waals surface area contributed by atoms with Crippen LogP contribution in [0.2, 0.25) is 0 Å². The van der Waals surface area contributed by atoms with Gasteiger partial charge in [0.15, 0.2) is 0 Å².